The number of carboxylic acids is 1. The Kier molecular flexibility index (Phi) is 2.93. The summed E-state index contributed by atoms with van der Waals surface area (Å²) in [4.78, 5) is 11.5. The van der Waals surface area contributed by atoms with Crippen LogP contribution < -0.4 is 9.47 Å². The highest BCUT2D eigenvalue weighted by atomic mass is 32.2. The van der Waals surface area contributed by atoms with Gasteiger partial charge in [0.25, 0.3) is 0 Å². The van der Waals surface area contributed by atoms with Crippen LogP contribution in [-0.2, 0) is 14.6 Å². The van der Waals surface area contributed by atoms with E-state index in [0.717, 1.165) is 6.26 Å². The van der Waals surface area contributed by atoms with Crippen molar-refractivity contribution in [3.8, 4) is 11.5 Å². The van der Waals surface area contributed by atoms with Crippen LogP contribution in [0.3, 0.4) is 0 Å². The van der Waals surface area contributed by atoms with E-state index in [2.05, 4.69) is 0 Å². The molecule has 3 atom stereocenters. The third-order valence-corrected chi connectivity index (χ3v) is 5.75. The summed E-state index contributed by atoms with van der Waals surface area (Å²) >= 11 is 0. The molecule has 1 aliphatic carbocycles. The number of hydrogen-bond acceptors (Lipinski definition) is 6. The van der Waals surface area contributed by atoms with Crippen LogP contribution in [0, 0.1) is 5.41 Å². The zero-order chi connectivity index (χ0) is 15.4. The molecule has 0 radical (unpaired) electrons. The maximum Gasteiger partial charge on any atom is 0.314 e. The zero-order valence-electron chi connectivity index (χ0n) is 11.1. The minimum Gasteiger partial charge on any atom is -0.481 e. The number of sulfone groups is 1. The summed E-state index contributed by atoms with van der Waals surface area (Å²) in [6.45, 7) is -0.664. The minimum atomic E-state index is -3.62. The Hall–Kier alpha value is -1.80. The first-order chi connectivity index (χ1) is 9.82. The molecule has 1 fully saturated rings. The van der Waals surface area contributed by atoms with Gasteiger partial charge in [-0.25, -0.2) is 8.42 Å². The third-order valence-electron chi connectivity index (χ3n) is 4.13. The van der Waals surface area contributed by atoms with Gasteiger partial charge in [-0.1, -0.05) is 6.07 Å². The van der Waals surface area contributed by atoms with E-state index in [9.17, 15) is 23.4 Å². The maximum atomic E-state index is 11.9. The molecule has 1 aliphatic heterocycles. The number of hydrogen-bond donors (Lipinski definition) is 2. The number of aliphatic hydroxyl groups is 1. The Morgan fingerprint density at radius 3 is 2.57 bits per heavy atom. The number of carboxylic acid groups (broad SMARTS) is 1. The third kappa shape index (κ3) is 1.90. The molecule has 0 unspecified atom stereocenters. The van der Waals surface area contributed by atoms with Gasteiger partial charge in [-0.2, -0.15) is 0 Å². The van der Waals surface area contributed by atoms with Gasteiger partial charge in [0.05, 0.1) is 11.9 Å². The van der Waals surface area contributed by atoms with Crippen molar-refractivity contribution in [2.45, 2.75) is 11.2 Å². The quantitative estimate of drug-likeness (QED) is 0.804. The largest absolute Gasteiger partial charge is 0.481 e. The van der Waals surface area contributed by atoms with Crippen molar-refractivity contribution < 1.29 is 32.9 Å². The van der Waals surface area contributed by atoms with Gasteiger partial charge in [0.2, 0.25) is 6.79 Å². The fourth-order valence-corrected chi connectivity index (χ4v) is 5.03. The van der Waals surface area contributed by atoms with Crippen LogP contribution >= 0.6 is 0 Å². The van der Waals surface area contributed by atoms with E-state index in [1.165, 1.54) is 0 Å². The van der Waals surface area contributed by atoms with E-state index < -0.39 is 39.0 Å². The van der Waals surface area contributed by atoms with E-state index in [-0.39, 0.29) is 6.79 Å². The molecule has 1 aromatic carbocycles. The minimum absolute atomic E-state index is 0.0725. The second-order valence-electron chi connectivity index (χ2n) is 5.34. The van der Waals surface area contributed by atoms with E-state index in [1.54, 1.807) is 18.2 Å². The highest BCUT2D eigenvalue weighted by Gasteiger charge is 2.74. The van der Waals surface area contributed by atoms with Crippen LogP contribution in [0.2, 0.25) is 0 Å². The predicted molar refractivity (Wildman–Crippen MR) is 71.1 cm³/mol. The Morgan fingerprint density at radius 2 is 2.05 bits per heavy atom. The molecule has 114 valence electrons. The van der Waals surface area contributed by atoms with Crippen molar-refractivity contribution >= 4 is 15.8 Å². The van der Waals surface area contributed by atoms with Crippen molar-refractivity contribution in [1.82, 2.24) is 0 Å². The molecule has 0 saturated heterocycles. The molecule has 0 aromatic heterocycles. The summed E-state index contributed by atoms with van der Waals surface area (Å²) in [6.07, 6.45) is 0.984. The SMILES string of the molecule is CS(=O)(=O)[C@@H]1[C@@H](c2ccc3c(c2)OCO3)[C@]1(CO)C(=O)O. The fraction of sp³-hybridized carbons (Fsp3) is 0.462. The van der Waals surface area contributed by atoms with Crippen molar-refractivity contribution in [3.05, 3.63) is 23.8 Å². The predicted octanol–water partition coefficient (Wildman–Crippen LogP) is -0.0110. The molecular formula is C13H14O7S. The molecule has 1 saturated carbocycles. The lowest BCUT2D eigenvalue weighted by Crippen LogP contribution is -2.27. The standard InChI is InChI=1S/C13H14O7S/c1-21(17,18)11-10(13(11,5-14)12(15)16)7-2-3-8-9(4-7)20-6-19-8/h2-4,10-11,14H,5-6H2,1H3,(H,15,16)/t10-,11-,13+/m1/s1. The van der Waals surface area contributed by atoms with Gasteiger partial charge in [0.1, 0.15) is 5.41 Å². The molecule has 0 bridgehead atoms. The van der Waals surface area contributed by atoms with Crippen molar-refractivity contribution in [2.75, 3.05) is 19.7 Å². The molecule has 2 aliphatic rings. The van der Waals surface area contributed by atoms with Crippen LogP contribution in [0.5, 0.6) is 11.5 Å². The van der Waals surface area contributed by atoms with Gasteiger partial charge < -0.3 is 19.7 Å². The van der Waals surface area contributed by atoms with Gasteiger partial charge in [-0.15, -0.1) is 0 Å². The normalized spacial score (nSPS) is 30.2. The van der Waals surface area contributed by atoms with Crippen molar-refractivity contribution in [1.29, 1.82) is 0 Å². The highest BCUT2D eigenvalue weighted by molar-refractivity contribution is 7.91. The lowest BCUT2D eigenvalue weighted by Gasteiger charge is -2.08. The van der Waals surface area contributed by atoms with Crippen LogP contribution in [0.4, 0.5) is 0 Å². The smallest absolute Gasteiger partial charge is 0.314 e. The molecule has 8 heteroatoms. The topological polar surface area (TPSA) is 110 Å². The van der Waals surface area contributed by atoms with Gasteiger partial charge >= 0.3 is 5.97 Å². The Morgan fingerprint density at radius 1 is 1.38 bits per heavy atom. The molecule has 2 N–H and O–H groups in total. The average Bonchev–Trinajstić information content (AvgIpc) is 2.92. The van der Waals surface area contributed by atoms with Crippen molar-refractivity contribution in [3.63, 3.8) is 0 Å². The molecule has 0 spiro atoms. The molecule has 7 nitrogen and oxygen atoms in total. The van der Waals surface area contributed by atoms with Crippen molar-refractivity contribution in [2.24, 2.45) is 5.41 Å². The highest BCUT2D eigenvalue weighted by Crippen LogP contribution is 2.63. The maximum absolute atomic E-state index is 11.9. The first-order valence-corrected chi connectivity index (χ1v) is 8.20. The van der Waals surface area contributed by atoms with Crippen LogP contribution in [0.25, 0.3) is 0 Å². The van der Waals surface area contributed by atoms with E-state index >= 15 is 0 Å². The summed E-state index contributed by atoms with van der Waals surface area (Å²) in [5, 5.41) is 17.7. The number of aliphatic hydroxyl groups excluding tert-OH is 1. The second-order valence-corrected chi connectivity index (χ2v) is 7.51. The van der Waals surface area contributed by atoms with E-state index in [4.69, 9.17) is 9.47 Å². The van der Waals surface area contributed by atoms with E-state index in [1.807, 2.05) is 0 Å². The lowest BCUT2D eigenvalue weighted by molar-refractivity contribution is -0.145. The average molecular weight is 314 g/mol. The van der Waals surface area contributed by atoms with Crippen LogP contribution in [0.15, 0.2) is 18.2 Å². The Balaban J connectivity index is 2.06. The molecule has 3 rings (SSSR count). The van der Waals surface area contributed by atoms with Crippen LogP contribution in [-0.4, -0.2) is 49.5 Å². The second kappa shape index (κ2) is 4.35. The number of carbonyl (C=O) groups is 1. The molecule has 1 aromatic rings. The van der Waals surface area contributed by atoms with Gasteiger partial charge in [0.15, 0.2) is 21.3 Å². The van der Waals surface area contributed by atoms with Crippen LogP contribution in [0.1, 0.15) is 11.5 Å². The number of aliphatic carboxylic acids is 1. The number of ether oxygens (including phenoxy) is 2. The first kappa shape index (κ1) is 14.2. The number of rotatable bonds is 4. The number of benzene rings is 1. The summed E-state index contributed by atoms with van der Waals surface area (Å²) in [6, 6.07) is 4.79. The molecule has 0 amide bonds. The Labute approximate surface area is 121 Å². The fourth-order valence-electron chi connectivity index (χ4n) is 3.12. The van der Waals surface area contributed by atoms with Gasteiger partial charge in [0, 0.05) is 12.2 Å². The summed E-state index contributed by atoms with van der Waals surface area (Å²) in [7, 11) is -3.62. The lowest BCUT2D eigenvalue weighted by atomic mass is 10.00. The summed E-state index contributed by atoms with van der Waals surface area (Å²) < 4.78 is 34.1. The Bertz CT molecular complexity index is 711. The molecule has 1 heterocycles. The van der Waals surface area contributed by atoms with Gasteiger partial charge in [-0.05, 0) is 17.7 Å². The first-order valence-electron chi connectivity index (χ1n) is 6.25. The summed E-state index contributed by atoms with van der Waals surface area (Å²) in [5.74, 6) is -1.14. The monoisotopic (exact) mass is 314 g/mol. The molecule has 21 heavy (non-hydrogen) atoms. The summed E-state index contributed by atoms with van der Waals surface area (Å²) in [5.41, 5.74) is -1.19. The van der Waals surface area contributed by atoms with Gasteiger partial charge in [-0.3, -0.25) is 4.79 Å². The molecular weight excluding hydrogens is 300 g/mol. The zero-order valence-corrected chi connectivity index (χ0v) is 12.0. The number of fused-ring (bicyclic) bond motifs is 1. The van der Waals surface area contributed by atoms with E-state index in [0.29, 0.717) is 17.1 Å².